The van der Waals surface area contributed by atoms with E-state index in [1.165, 1.54) is 17.5 Å². The first-order valence-corrected chi connectivity index (χ1v) is 6.30. The van der Waals surface area contributed by atoms with Crippen LogP contribution in [-0.2, 0) is 17.6 Å². The first-order chi connectivity index (χ1) is 8.22. The Kier molecular flexibility index (Phi) is 3.78. The number of rotatable bonds is 2. The van der Waals surface area contributed by atoms with Crippen molar-refractivity contribution >= 4 is 33.7 Å². The van der Waals surface area contributed by atoms with Gasteiger partial charge in [-0.25, -0.2) is 0 Å². The number of oxime groups is 1. The Morgan fingerprint density at radius 2 is 2.06 bits per heavy atom. The van der Waals surface area contributed by atoms with Crippen molar-refractivity contribution in [2.24, 2.45) is 5.16 Å². The number of hydrogen-bond donors (Lipinski definition) is 2. The molecule has 90 valence electrons. The third-order valence-corrected chi connectivity index (χ3v) is 3.65. The zero-order valence-corrected chi connectivity index (χ0v) is 10.8. The standard InChI is InChI=1S/C12H13BrN2O2/c13-10-5-6-11(15-12(16)7-14-17)9-4-2-1-3-8(9)10/h5-7,17H,1-4H2,(H,15,16)/b14-7-. The molecule has 1 aliphatic carbocycles. The summed E-state index contributed by atoms with van der Waals surface area (Å²) >= 11 is 3.53. The molecular weight excluding hydrogens is 284 g/mol. The molecule has 0 spiro atoms. The van der Waals surface area contributed by atoms with E-state index >= 15 is 0 Å². The molecule has 0 saturated heterocycles. The van der Waals surface area contributed by atoms with Crippen molar-refractivity contribution in [1.29, 1.82) is 0 Å². The summed E-state index contributed by atoms with van der Waals surface area (Å²) in [4.78, 5) is 11.4. The average Bonchev–Trinajstić information content (AvgIpc) is 2.34. The third-order valence-electron chi connectivity index (χ3n) is 2.91. The number of fused-ring (bicyclic) bond motifs is 1. The van der Waals surface area contributed by atoms with Crippen molar-refractivity contribution in [1.82, 2.24) is 0 Å². The Morgan fingerprint density at radius 3 is 2.76 bits per heavy atom. The topological polar surface area (TPSA) is 61.7 Å². The molecule has 17 heavy (non-hydrogen) atoms. The van der Waals surface area contributed by atoms with Gasteiger partial charge in [-0.15, -0.1) is 0 Å². The highest BCUT2D eigenvalue weighted by Gasteiger charge is 2.16. The molecule has 4 nitrogen and oxygen atoms in total. The molecule has 1 amide bonds. The molecule has 0 radical (unpaired) electrons. The fraction of sp³-hybridized carbons (Fsp3) is 0.333. The van der Waals surface area contributed by atoms with E-state index < -0.39 is 5.91 Å². The van der Waals surface area contributed by atoms with E-state index in [0.29, 0.717) is 0 Å². The number of carbonyl (C=O) groups excluding carboxylic acids is 1. The quantitative estimate of drug-likeness (QED) is 0.501. The molecular formula is C12H13BrN2O2. The third kappa shape index (κ3) is 2.66. The van der Waals surface area contributed by atoms with Gasteiger partial charge in [0, 0.05) is 10.2 Å². The minimum absolute atomic E-state index is 0.414. The number of nitrogens with one attached hydrogen (secondary N) is 1. The van der Waals surface area contributed by atoms with E-state index in [2.05, 4.69) is 26.4 Å². The Hall–Kier alpha value is -1.36. The SMILES string of the molecule is O=C(/C=N\O)Nc1ccc(Br)c2c1CCCC2. The van der Waals surface area contributed by atoms with Gasteiger partial charge < -0.3 is 10.5 Å². The Labute approximate surface area is 108 Å². The van der Waals surface area contributed by atoms with E-state index in [0.717, 1.165) is 35.6 Å². The van der Waals surface area contributed by atoms with Gasteiger partial charge >= 0.3 is 0 Å². The van der Waals surface area contributed by atoms with Crippen LogP contribution in [0.2, 0.25) is 0 Å². The number of nitrogens with zero attached hydrogens (tertiary/aromatic N) is 1. The summed E-state index contributed by atoms with van der Waals surface area (Å²) in [5.74, 6) is -0.414. The van der Waals surface area contributed by atoms with Gasteiger partial charge in [0.05, 0.1) is 0 Å². The lowest BCUT2D eigenvalue weighted by Crippen LogP contribution is -2.16. The van der Waals surface area contributed by atoms with Crippen molar-refractivity contribution in [3.05, 3.63) is 27.7 Å². The molecule has 0 heterocycles. The number of hydrogen-bond acceptors (Lipinski definition) is 3. The van der Waals surface area contributed by atoms with Gasteiger partial charge in [-0.2, -0.15) is 0 Å². The molecule has 1 aromatic carbocycles. The number of halogens is 1. The lowest BCUT2D eigenvalue weighted by Gasteiger charge is -2.20. The highest BCUT2D eigenvalue weighted by Crippen LogP contribution is 2.33. The van der Waals surface area contributed by atoms with Crippen LogP contribution in [0, 0.1) is 0 Å². The number of benzene rings is 1. The van der Waals surface area contributed by atoms with Gasteiger partial charge in [-0.1, -0.05) is 21.1 Å². The van der Waals surface area contributed by atoms with Gasteiger partial charge in [0.15, 0.2) is 0 Å². The molecule has 0 saturated carbocycles. The van der Waals surface area contributed by atoms with Crippen molar-refractivity contribution in [2.45, 2.75) is 25.7 Å². The predicted molar refractivity (Wildman–Crippen MR) is 69.7 cm³/mol. The lowest BCUT2D eigenvalue weighted by atomic mass is 9.90. The summed E-state index contributed by atoms with van der Waals surface area (Å²) in [6, 6.07) is 3.81. The van der Waals surface area contributed by atoms with Crippen LogP contribution in [0.1, 0.15) is 24.0 Å². The second kappa shape index (κ2) is 5.31. The summed E-state index contributed by atoms with van der Waals surface area (Å²) < 4.78 is 1.10. The van der Waals surface area contributed by atoms with Crippen LogP contribution in [0.4, 0.5) is 5.69 Å². The van der Waals surface area contributed by atoms with Crippen LogP contribution >= 0.6 is 15.9 Å². The van der Waals surface area contributed by atoms with Gasteiger partial charge in [-0.3, -0.25) is 4.79 Å². The molecule has 5 heteroatoms. The first kappa shape index (κ1) is 12.1. The molecule has 0 aromatic heterocycles. The van der Waals surface area contributed by atoms with E-state index in [4.69, 9.17) is 5.21 Å². The Morgan fingerprint density at radius 1 is 1.35 bits per heavy atom. The largest absolute Gasteiger partial charge is 0.411 e. The molecule has 1 aromatic rings. The Balaban J connectivity index is 2.32. The molecule has 0 fully saturated rings. The molecule has 0 bridgehead atoms. The van der Waals surface area contributed by atoms with Crippen LogP contribution in [-0.4, -0.2) is 17.3 Å². The van der Waals surface area contributed by atoms with E-state index in [-0.39, 0.29) is 0 Å². The maximum atomic E-state index is 11.4. The van der Waals surface area contributed by atoms with Crippen LogP contribution in [0.3, 0.4) is 0 Å². The minimum Gasteiger partial charge on any atom is -0.411 e. The van der Waals surface area contributed by atoms with E-state index in [1.54, 1.807) is 0 Å². The van der Waals surface area contributed by atoms with E-state index in [1.807, 2.05) is 12.1 Å². The fourth-order valence-corrected chi connectivity index (χ4v) is 2.73. The number of carbonyl (C=O) groups is 1. The smallest absolute Gasteiger partial charge is 0.270 e. The molecule has 0 aliphatic heterocycles. The zero-order valence-electron chi connectivity index (χ0n) is 9.24. The summed E-state index contributed by atoms with van der Waals surface area (Å²) in [6.07, 6.45) is 5.19. The first-order valence-electron chi connectivity index (χ1n) is 5.51. The molecule has 1 aliphatic rings. The molecule has 0 unspecified atom stereocenters. The van der Waals surface area contributed by atoms with Gasteiger partial charge in [0.25, 0.3) is 5.91 Å². The van der Waals surface area contributed by atoms with Crippen LogP contribution < -0.4 is 5.32 Å². The van der Waals surface area contributed by atoms with Crippen molar-refractivity contribution in [3.8, 4) is 0 Å². The highest BCUT2D eigenvalue weighted by molar-refractivity contribution is 9.10. The van der Waals surface area contributed by atoms with Crippen molar-refractivity contribution < 1.29 is 10.0 Å². The van der Waals surface area contributed by atoms with Crippen LogP contribution in [0.5, 0.6) is 0 Å². The minimum atomic E-state index is -0.414. The average molecular weight is 297 g/mol. The van der Waals surface area contributed by atoms with Gasteiger partial charge in [-0.05, 0) is 48.9 Å². The Bertz CT molecular complexity index is 472. The van der Waals surface area contributed by atoms with Crippen LogP contribution in [0.15, 0.2) is 21.8 Å². The summed E-state index contributed by atoms with van der Waals surface area (Å²) in [7, 11) is 0. The second-order valence-electron chi connectivity index (χ2n) is 3.99. The maximum absolute atomic E-state index is 11.4. The normalized spacial score (nSPS) is 14.6. The summed E-state index contributed by atoms with van der Waals surface area (Å²) in [5, 5.41) is 13.7. The second-order valence-corrected chi connectivity index (χ2v) is 4.85. The maximum Gasteiger partial charge on any atom is 0.270 e. The summed E-state index contributed by atoms with van der Waals surface area (Å²) in [6.45, 7) is 0. The molecule has 2 rings (SSSR count). The van der Waals surface area contributed by atoms with Gasteiger partial charge in [0.2, 0.25) is 0 Å². The fourth-order valence-electron chi connectivity index (χ4n) is 2.16. The highest BCUT2D eigenvalue weighted by atomic mass is 79.9. The van der Waals surface area contributed by atoms with Crippen LogP contribution in [0.25, 0.3) is 0 Å². The number of amides is 1. The lowest BCUT2D eigenvalue weighted by molar-refractivity contribution is -0.110. The zero-order chi connectivity index (χ0) is 12.3. The molecule has 2 N–H and O–H groups in total. The predicted octanol–water partition coefficient (Wildman–Crippen LogP) is 2.73. The van der Waals surface area contributed by atoms with Crippen molar-refractivity contribution in [2.75, 3.05) is 5.32 Å². The molecule has 0 atom stereocenters. The number of anilines is 1. The summed E-state index contributed by atoms with van der Waals surface area (Å²) in [5.41, 5.74) is 3.27. The monoisotopic (exact) mass is 296 g/mol. The van der Waals surface area contributed by atoms with Crippen molar-refractivity contribution in [3.63, 3.8) is 0 Å². The van der Waals surface area contributed by atoms with Gasteiger partial charge in [0.1, 0.15) is 6.21 Å². The van der Waals surface area contributed by atoms with E-state index in [9.17, 15) is 4.79 Å².